The van der Waals surface area contributed by atoms with Gasteiger partial charge in [0.1, 0.15) is 0 Å². The second-order valence-corrected chi connectivity index (χ2v) is 11.9. The summed E-state index contributed by atoms with van der Waals surface area (Å²) in [7, 11) is 0. The zero-order valence-electron chi connectivity index (χ0n) is 19.9. The van der Waals surface area contributed by atoms with Crippen LogP contribution in [0.3, 0.4) is 0 Å². The molecule has 3 atom stereocenters. The van der Waals surface area contributed by atoms with Crippen molar-refractivity contribution in [2.24, 2.45) is 0 Å². The first-order valence-corrected chi connectivity index (χ1v) is 13.7. The van der Waals surface area contributed by atoms with Crippen molar-refractivity contribution >= 4 is 64.1 Å². The topological polar surface area (TPSA) is 105 Å². The van der Waals surface area contributed by atoms with E-state index in [1.165, 1.54) is 11.8 Å². The number of aliphatic hydroxyl groups is 1. The third-order valence-corrected chi connectivity index (χ3v) is 7.55. The highest BCUT2D eigenvalue weighted by Crippen LogP contribution is 2.40. The number of halogens is 3. The van der Waals surface area contributed by atoms with Gasteiger partial charge in [-0.1, -0.05) is 83.3 Å². The summed E-state index contributed by atoms with van der Waals surface area (Å²) in [6.45, 7) is -0.0630. The van der Waals surface area contributed by atoms with Crippen LogP contribution in [0.15, 0.2) is 77.7 Å². The van der Waals surface area contributed by atoms with Crippen molar-refractivity contribution in [1.82, 2.24) is 0 Å². The number of carbonyl (C=O) groups is 2. The Morgan fingerprint density at radius 3 is 2.39 bits per heavy atom. The first-order chi connectivity index (χ1) is 18.1. The summed E-state index contributed by atoms with van der Waals surface area (Å²) in [5.74, 6) is -1.30. The molecule has 3 aromatic carbocycles. The standard InChI is InChI=1S/C27H24Cl3NO6S/c28-27(29,30)26(35)31-19-5-3-4-18(12-19)25-36-20(15-38-23-7-2-1-6-21(23)24(33)34)13-22(37-25)17-10-8-16(14-32)9-11-17/h1-12,20,22,25,32H,13-15H2,(H,31,35)(H,33,34). The lowest BCUT2D eigenvalue weighted by atomic mass is 10.0. The number of thioether (sulfide) groups is 1. The number of ether oxygens (including phenoxy) is 2. The van der Waals surface area contributed by atoms with Gasteiger partial charge >= 0.3 is 5.97 Å². The molecule has 1 aliphatic rings. The third-order valence-electron chi connectivity index (χ3n) is 5.83. The molecule has 1 aliphatic heterocycles. The quantitative estimate of drug-likeness (QED) is 0.201. The van der Waals surface area contributed by atoms with Gasteiger partial charge in [-0.3, -0.25) is 4.79 Å². The van der Waals surface area contributed by atoms with Crippen LogP contribution in [-0.4, -0.2) is 37.7 Å². The lowest BCUT2D eigenvalue weighted by Gasteiger charge is -2.36. The maximum Gasteiger partial charge on any atom is 0.336 e. The lowest BCUT2D eigenvalue weighted by molar-refractivity contribution is -0.245. The summed E-state index contributed by atoms with van der Waals surface area (Å²) in [5.41, 5.74) is 2.98. The number of aromatic carboxylic acids is 1. The minimum Gasteiger partial charge on any atom is -0.478 e. The highest BCUT2D eigenvalue weighted by atomic mass is 35.6. The summed E-state index contributed by atoms with van der Waals surface area (Å²) in [5, 5.41) is 21.5. The van der Waals surface area contributed by atoms with Crippen molar-refractivity contribution in [3.63, 3.8) is 0 Å². The SMILES string of the molecule is O=C(O)c1ccccc1SCC1CC(c2ccc(CO)cc2)OC(c2cccc(NC(=O)C(Cl)(Cl)Cl)c2)O1. The number of carboxylic acid groups (broad SMARTS) is 1. The highest BCUT2D eigenvalue weighted by Gasteiger charge is 2.33. The molecule has 0 bridgehead atoms. The van der Waals surface area contributed by atoms with E-state index < -0.39 is 22.0 Å². The fourth-order valence-corrected chi connectivity index (χ4v) is 5.15. The predicted molar refractivity (Wildman–Crippen MR) is 148 cm³/mol. The van der Waals surface area contributed by atoms with Gasteiger partial charge in [0, 0.05) is 28.3 Å². The van der Waals surface area contributed by atoms with E-state index in [0.29, 0.717) is 28.3 Å². The molecule has 7 nitrogen and oxygen atoms in total. The Morgan fingerprint density at radius 1 is 0.974 bits per heavy atom. The van der Waals surface area contributed by atoms with Gasteiger partial charge in [0.05, 0.1) is 24.4 Å². The molecule has 38 heavy (non-hydrogen) atoms. The monoisotopic (exact) mass is 595 g/mol. The summed E-state index contributed by atoms with van der Waals surface area (Å²) in [4.78, 5) is 24.4. The molecule has 3 unspecified atom stereocenters. The van der Waals surface area contributed by atoms with Crippen LogP contribution in [0.5, 0.6) is 0 Å². The largest absolute Gasteiger partial charge is 0.478 e. The van der Waals surface area contributed by atoms with Gasteiger partial charge in [-0.05, 0) is 35.4 Å². The normalized spacial score (nSPS) is 19.6. The second-order valence-electron chi connectivity index (χ2n) is 8.54. The third kappa shape index (κ3) is 7.42. The van der Waals surface area contributed by atoms with Gasteiger partial charge in [-0.25, -0.2) is 4.79 Å². The summed E-state index contributed by atoms with van der Waals surface area (Å²) in [6, 6.07) is 21.2. The molecule has 0 aromatic heterocycles. The van der Waals surface area contributed by atoms with Crippen molar-refractivity contribution in [3.05, 3.63) is 95.1 Å². The van der Waals surface area contributed by atoms with Crippen LogP contribution >= 0.6 is 46.6 Å². The number of alkyl halides is 3. The average Bonchev–Trinajstić information content (AvgIpc) is 2.91. The molecule has 1 fully saturated rings. The molecule has 11 heteroatoms. The molecule has 3 N–H and O–H groups in total. The molecule has 1 heterocycles. The Bertz CT molecular complexity index is 1280. The zero-order chi connectivity index (χ0) is 27.3. The molecule has 1 saturated heterocycles. The van der Waals surface area contributed by atoms with E-state index in [2.05, 4.69) is 5.32 Å². The van der Waals surface area contributed by atoms with Gasteiger partial charge in [-0.15, -0.1) is 11.8 Å². The van der Waals surface area contributed by atoms with Crippen molar-refractivity contribution in [1.29, 1.82) is 0 Å². The number of hydrogen-bond acceptors (Lipinski definition) is 6. The Labute approximate surface area is 239 Å². The lowest BCUT2D eigenvalue weighted by Crippen LogP contribution is -2.31. The van der Waals surface area contributed by atoms with Crippen LogP contribution in [-0.2, 0) is 20.9 Å². The van der Waals surface area contributed by atoms with Crippen LogP contribution in [0.25, 0.3) is 0 Å². The van der Waals surface area contributed by atoms with Gasteiger partial charge < -0.3 is 25.0 Å². The Kier molecular flexibility index (Phi) is 9.59. The first-order valence-electron chi connectivity index (χ1n) is 11.6. The molecule has 4 rings (SSSR count). The van der Waals surface area contributed by atoms with E-state index in [1.807, 2.05) is 24.3 Å². The minimum absolute atomic E-state index is 0.0630. The van der Waals surface area contributed by atoms with Crippen LogP contribution in [0.4, 0.5) is 5.69 Å². The van der Waals surface area contributed by atoms with Crippen molar-refractivity contribution in [2.75, 3.05) is 11.1 Å². The van der Waals surface area contributed by atoms with E-state index in [0.717, 1.165) is 11.1 Å². The first kappa shape index (κ1) is 28.7. The maximum absolute atomic E-state index is 12.1. The fraction of sp³-hybridized carbons (Fsp3) is 0.259. The number of aliphatic hydroxyl groups excluding tert-OH is 1. The number of rotatable bonds is 8. The van der Waals surface area contributed by atoms with E-state index in [4.69, 9.17) is 44.3 Å². The number of hydrogen-bond donors (Lipinski definition) is 3. The molecule has 200 valence electrons. The Hall–Kier alpha value is -2.30. The van der Waals surface area contributed by atoms with E-state index in [1.54, 1.807) is 48.5 Å². The molecule has 0 spiro atoms. The maximum atomic E-state index is 12.1. The van der Waals surface area contributed by atoms with Crippen molar-refractivity contribution < 1.29 is 29.3 Å². The highest BCUT2D eigenvalue weighted by molar-refractivity contribution is 7.99. The predicted octanol–water partition coefficient (Wildman–Crippen LogP) is 6.52. The zero-order valence-corrected chi connectivity index (χ0v) is 22.9. The Morgan fingerprint density at radius 2 is 1.71 bits per heavy atom. The number of carboxylic acids is 1. The van der Waals surface area contributed by atoms with Gasteiger partial charge in [-0.2, -0.15) is 0 Å². The number of anilines is 1. The minimum atomic E-state index is -2.12. The average molecular weight is 597 g/mol. The van der Waals surface area contributed by atoms with Crippen molar-refractivity contribution in [2.45, 2.75) is 40.2 Å². The molecular formula is C27H24Cl3NO6S. The van der Waals surface area contributed by atoms with E-state index in [9.17, 15) is 19.8 Å². The fourth-order valence-electron chi connectivity index (χ4n) is 3.94. The van der Waals surface area contributed by atoms with Crippen LogP contribution in [0, 0.1) is 0 Å². The van der Waals surface area contributed by atoms with Gasteiger partial charge in [0.15, 0.2) is 6.29 Å². The van der Waals surface area contributed by atoms with E-state index in [-0.39, 0.29) is 24.4 Å². The van der Waals surface area contributed by atoms with E-state index >= 15 is 0 Å². The molecule has 3 aromatic rings. The molecular weight excluding hydrogens is 573 g/mol. The molecule has 0 saturated carbocycles. The van der Waals surface area contributed by atoms with Crippen LogP contribution in [0.1, 0.15) is 45.9 Å². The smallest absolute Gasteiger partial charge is 0.336 e. The molecule has 1 amide bonds. The number of amides is 1. The summed E-state index contributed by atoms with van der Waals surface area (Å²) < 4.78 is 10.5. The summed E-state index contributed by atoms with van der Waals surface area (Å²) >= 11 is 18.4. The van der Waals surface area contributed by atoms with Gasteiger partial charge in [0.25, 0.3) is 9.70 Å². The molecule has 0 radical (unpaired) electrons. The van der Waals surface area contributed by atoms with Crippen molar-refractivity contribution in [3.8, 4) is 0 Å². The second kappa shape index (κ2) is 12.7. The number of benzene rings is 3. The van der Waals surface area contributed by atoms with Crippen LogP contribution < -0.4 is 5.32 Å². The number of nitrogens with one attached hydrogen (secondary N) is 1. The molecule has 0 aliphatic carbocycles. The Balaban J connectivity index is 1.57. The van der Waals surface area contributed by atoms with Crippen LogP contribution in [0.2, 0.25) is 0 Å². The summed E-state index contributed by atoms with van der Waals surface area (Å²) in [6.07, 6.45) is -0.874. The van der Waals surface area contributed by atoms with Gasteiger partial charge in [0.2, 0.25) is 0 Å². The number of carbonyl (C=O) groups excluding carboxylic acids is 1.